The van der Waals surface area contributed by atoms with E-state index in [0.717, 1.165) is 70.6 Å². The lowest BCUT2D eigenvalue weighted by Crippen LogP contribution is -2.54. The zero-order valence-corrected chi connectivity index (χ0v) is 23.2. The van der Waals surface area contributed by atoms with Crippen LogP contribution < -0.4 is 5.73 Å². The summed E-state index contributed by atoms with van der Waals surface area (Å²) in [5.41, 5.74) is 4.65. The van der Waals surface area contributed by atoms with Gasteiger partial charge in [0.15, 0.2) is 0 Å². The number of rotatable bonds is 20. The van der Waals surface area contributed by atoms with E-state index in [1.807, 2.05) is 0 Å². The molecule has 36 heavy (non-hydrogen) atoms. The molecule has 2 N–H and O–H groups in total. The van der Waals surface area contributed by atoms with Gasteiger partial charge in [-0.2, -0.15) is 0 Å². The fourth-order valence-electron chi connectivity index (χ4n) is 6.14. The molecule has 0 aromatic heterocycles. The van der Waals surface area contributed by atoms with Gasteiger partial charge in [0.05, 0.1) is 5.92 Å². The molecule has 1 aliphatic carbocycles. The van der Waals surface area contributed by atoms with Crippen molar-refractivity contribution in [2.75, 3.05) is 6.61 Å². The summed E-state index contributed by atoms with van der Waals surface area (Å²) in [5.74, 6) is -1.51. The molecule has 0 aromatic carbocycles. The SMILES string of the molecule is CCCCCCCCCCCCC1CCCC[C@]1(C(N)=O)C(=O)OC[C@H]1OC(=O)[C@H]1CCCCCC. The van der Waals surface area contributed by atoms with Gasteiger partial charge >= 0.3 is 11.9 Å². The van der Waals surface area contributed by atoms with Gasteiger partial charge in [-0.3, -0.25) is 14.4 Å². The zero-order chi connectivity index (χ0) is 26.2. The lowest BCUT2D eigenvalue weighted by atomic mass is 9.64. The minimum atomic E-state index is -1.23. The highest BCUT2D eigenvalue weighted by Gasteiger charge is 2.53. The number of unbranched alkanes of at least 4 members (excludes halogenated alkanes) is 12. The summed E-state index contributed by atoms with van der Waals surface area (Å²) in [6.45, 7) is 4.43. The molecule has 1 saturated carbocycles. The van der Waals surface area contributed by atoms with Crippen LogP contribution in [0.5, 0.6) is 0 Å². The van der Waals surface area contributed by atoms with Crippen molar-refractivity contribution in [1.82, 2.24) is 0 Å². The summed E-state index contributed by atoms with van der Waals surface area (Å²) in [5, 5.41) is 0. The van der Waals surface area contributed by atoms with Crippen LogP contribution in [0.25, 0.3) is 0 Å². The molecule has 2 rings (SSSR count). The predicted octanol–water partition coefficient (Wildman–Crippen LogP) is 7.01. The minimum Gasteiger partial charge on any atom is -0.461 e. The molecule has 1 heterocycles. The molecule has 0 spiro atoms. The average molecular weight is 508 g/mol. The second-order valence-electron chi connectivity index (χ2n) is 11.3. The monoisotopic (exact) mass is 507 g/mol. The van der Waals surface area contributed by atoms with Crippen LogP contribution in [0.4, 0.5) is 0 Å². The normalized spacial score (nSPS) is 25.7. The number of amides is 1. The Morgan fingerprint density at radius 3 is 2.00 bits per heavy atom. The Labute approximate surface area is 219 Å². The maximum atomic E-state index is 13.3. The summed E-state index contributed by atoms with van der Waals surface area (Å²) in [7, 11) is 0. The van der Waals surface area contributed by atoms with E-state index in [1.165, 1.54) is 51.4 Å². The highest BCUT2D eigenvalue weighted by Crippen LogP contribution is 2.45. The zero-order valence-electron chi connectivity index (χ0n) is 23.2. The molecule has 0 aromatic rings. The summed E-state index contributed by atoms with van der Waals surface area (Å²) in [6.07, 6.45) is 21.3. The van der Waals surface area contributed by atoms with Crippen LogP contribution in [0.1, 0.15) is 142 Å². The highest BCUT2D eigenvalue weighted by molar-refractivity contribution is 6.02. The van der Waals surface area contributed by atoms with E-state index in [0.29, 0.717) is 6.42 Å². The third-order valence-electron chi connectivity index (χ3n) is 8.55. The van der Waals surface area contributed by atoms with Crippen molar-refractivity contribution >= 4 is 17.8 Å². The Balaban J connectivity index is 1.79. The molecule has 0 radical (unpaired) electrons. The number of esters is 2. The third kappa shape index (κ3) is 9.06. The molecule has 2 fully saturated rings. The molecule has 2 aliphatic rings. The van der Waals surface area contributed by atoms with Crippen molar-refractivity contribution < 1.29 is 23.9 Å². The van der Waals surface area contributed by atoms with E-state index in [-0.39, 0.29) is 24.4 Å². The number of carbonyl (C=O) groups is 3. The van der Waals surface area contributed by atoms with E-state index in [4.69, 9.17) is 15.2 Å². The van der Waals surface area contributed by atoms with Crippen LogP contribution in [0.2, 0.25) is 0 Å². The van der Waals surface area contributed by atoms with Crippen LogP contribution >= 0.6 is 0 Å². The first-order chi connectivity index (χ1) is 17.5. The van der Waals surface area contributed by atoms with Gasteiger partial charge < -0.3 is 15.2 Å². The quantitative estimate of drug-likeness (QED) is 0.109. The first-order valence-corrected chi connectivity index (χ1v) is 15.1. The van der Waals surface area contributed by atoms with Crippen molar-refractivity contribution in [3.05, 3.63) is 0 Å². The van der Waals surface area contributed by atoms with Gasteiger partial charge in [0.2, 0.25) is 5.91 Å². The summed E-state index contributed by atoms with van der Waals surface area (Å²) < 4.78 is 10.9. The molecule has 6 heteroatoms. The minimum absolute atomic E-state index is 0.0308. The maximum Gasteiger partial charge on any atom is 0.322 e. The molecular weight excluding hydrogens is 454 g/mol. The van der Waals surface area contributed by atoms with Gasteiger partial charge in [0.1, 0.15) is 18.1 Å². The second-order valence-corrected chi connectivity index (χ2v) is 11.3. The van der Waals surface area contributed by atoms with Crippen molar-refractivity contribution in [3.8, 4) is 0 Å². The first-order valence-electron chi connectivity index (χ1n) is 15.1. The van der Waals surface area contributed by atoms with E-state index in [9.17, 15) is 14.4 Å². The molecule has 1 unspecified atom stereocenters. The van der Waals surface area contributed by atoms with Crippen molar-refractivity contribution in [2.24, 2.45) is 23.0 Å². The van der Waals surface area contributed by atoms with E-state index < -0.39 is 23.4 Å². The average Bonchev–Trinajstić information content (AvgIpc) is 2.87. The number of carbonyl (C=O) groups excluding carboxylic acids is 3. The van der Waals surface area contributed by atoms with Crippen molar-refractivity contribution in [2.45, 2.75) is 148 Å². The van der Waals surface area contributed by atoms with Gasteiger partial charge in [0, 0.05) is 0 Å². The number of cyclic esters (lactones) is 1. The summed E-state index contributed by atoms with van der Waals surface area (Å²) >= 11 is 0. The fourth-order valence-corrected chi connectivity index (χ4v) is 6.14. The summed E-state index contributed by atoms with van der Waals surface area (Å²) in [4.78, 5) is 37.9. The van der Waals surface area contributed by atoms with Crippen molar-refractivity contribution in [1.29, 1.82) is 0 Å². The topological polar surface area (TPSA) is 95.7 Å². The number of hydrogen-bond acceptors (Lipinski definition) is 5. The standard InChI is InChI=1S/C30H53NO5/c1-3-5-7-9-10-11-12-13-14-15-19-24-20-17-18-22-30(24,28(31)33)29(34)35-23-26-25(27(32)36-26)21-16-8-6-4-2/h24-26H,3-23H2,1-2H3,(H2,31,33)/t24?,25-,26+,30-/m0/s1. The predicted molar refractivity (Wildman–Crippen MR) is 143 cm³/mol. The molecule has 1 aliphatic heterocycles. The third-order valence-corrected chi connectivity index (χ3v) is 8.55. The van der Waals surface area contributed by atoms with Crippen LogP contribution in [-0.4, -0.2) is 30.6 Å². The van der Waals surface area contributed by atoms with Crippen LogP contribution in [0.15, 0.2) is 0 Å². The smallest absolute Gasteiger partial charge is 0.322 e. The van der Waals surface area contributed by atoms with Gasteiger partial charge in [0.25, 0.3) is 0 Å². The van der Waals surface area contributed by atoms with Gasteiger partial charge in [-0.25, -0.2) is 0 Å². The second kappa shape index (κ2) is 17.0. The fraction of sp³-hybridized carbons (Fsp3) is 0.900. The molecule has 1 amide bonds. The Hall–Kier alpha value is -1.59. The van der Waals surface area contributed by atoms with Crippen molar-refractivity contribution in [3.63, 3.8) is 0 Å². The number of hydrogen-bond donors (Lipinski definition) is 1. The Kier molecular flexibility index (Phi) is 14.5. The number of nitrogens with two attached hydrogens (primary N) is 1. The van der Waals surface area contributed by atoms with E-state index >= 15 is 0 Å². The molecule has 6 nitrogen and oxygen atoms in total. The number of primary amides is 1. The molecule has 4 atom stereocenters. The molecular formula is C30H53NO5. The van der Waals surface area contributed by atoms with Crippen LogP contribution in [-0.2, 0) is 23.9 Å². The van der Waals surface area contributed by atoms with Gasteiger partial charge in [-0.1, -0.05) is 117 Å². The maximum absolute atomic E-state index is 13.3. The largest absolute Gasteiger partial charge is 0.461 e. The Morgan fingerprint density at radius 1 is 0.861 bits per heavy atom. The molecule has 1 saturated heterocycles. The van der Waals surface area contributed by atoms with E-state index in [1.54, 1.807) is 0 Å². The molecule has 0 bridgehead atoms. The summed E-state index contributed by atoms with van der Waals surface area (Å²) in [6, 6.07) is 0. The first kappa shape index (κ1) is 30.6. The number of ether oxygens (including phenoxy) is 2. The highest BCUT2D eigenvalue weighted by atomic mass is 16.6. The lowest BCUT2D eigenvalue weighted by Gasteiger charge is -2.41. The molecule has 208 valence electrons. The van der Waals surface area contributed by atoms with Gasteiger partial charge in [-0.15, -0.1) is 0 Å². The van der Waals surface area contributed by atoms with Crippen LogP contribution in [0, 0.1) is 17.3 Å². The Bertz CT molecular complexity index is 666. The Morgan fingerprint density at radius 2 is 1.42 bits per heavy atom. The van der Waals surface area contributed by atoms with Gasteiger partial charge in [-0.05, 0) is 31.6 Å². The van der Waals surface area contributed by atoms with E-state index in [2.05, 4.69) is 13.8 Å². The lowest BCUT2D eigenvalue weighted by molar-refractivity contribution is -0.198. The van der Waals surface area contributed by atoms with Crippen LogP contribution in [0.3, 0.4) is 0 Å².